The minimum atomic E-state index is -2.97. The van der Waals surface area contributed by atoms with Crippen molar-refractivity contribution in [1.82, 2.24) is 0 Å². The van der Waals surface area contributed by atoms with Gasteiger partial charge in [-0.15, -0.1) is 0 Å². The Kier molecular flexibility index (Phi) is 10.3. The third kappa shape index (κ3) is 7.43. The molecule has 0 saturated carbocycles. The molecule has 0 aliphatic heterocycles. The van der Waals surface area contributed by atoms with Crippen molar-refractivity contribution in [3.8, 4) is 0 Å². The molecule has 0 fully saturated rings. The van der Waals surface area contributed by atoms with Crippen LogP contribution in [0.25, 0.3) is 0 Å². The van der Waals surface area contributed by atoms with Gasteiger partial charge in [0.1, 0.15) is 5.60 Å². The summed E-state index contributed by atoms with van der Waals surface area (Å²) in [7, 11) is 0. The van der Waals surface area contributed by atoms with Crippen molar-refractivity contribution in [3.05, 3.63) is 0 Å². The van der Waals surface area contributed by atoms with Gasteiger partial charge in [0, 0.05) is 24.8 Å². The number of carbonyl (C=O) groups is 3. The van der Waals surface area contributed by atoms with Crippen LogP contribution in [0.1, 0.15) is 12.8 Å². The molecule has 74 valence electrons. The molecule has 1 N–H and O–H groups in total. The molecule has 0 saturated heterocycles. The van der Waals surface area contributed by atoms with Crippen molar-refractivity contribution in [2.24, 2.45) is 0 Å². The van der Waals surface area contributed by atoms with E-state index in [0.29, 0.717) is 0 Å². The second kappa shape index (κ2) is 7.75. The predicted octanol–water partition coefficient (Wildman–Crippen LogP) is -8.63. The number of carboxylic acids is 3. The molecular weight excluding hydrogens is 218 g/mol. The van der Waals surface area contributed by atoms with E-state index >= 15 is 0 Å². The van der Waals surface area contributed by atoms with Crippen LogP contribution in [-0.4, -0.2) is 46.0 Å². The van der Waals surface area contributed by atoms with Crippen molar-refractivity contribution in [2.45, 2.75) is 18.4 Å². The Labute approximate surface area is 107 Å². The van der Waals surface area contributed by atoms with Gasteiger partial charge >= 0.3 is 36.2 Å². The van der Waals surface area contributed by atoms with Gasteiger partial charge in [-0.25, -0.2) is 0 Å². The first kappa shape index (κ1) is 20.0. The Bertz CT molecular complexity index is 238. The molecule has 7 nitrogen and oxygen atoms in total. The van der Waals surface area contributed by atoms with E-state index in [1.54, 1.807) is 0 Å². The number of carboxylic acid groups (broad SMARTS) is 3. The summed E-state index contributed by atoms with van der Waals surface area (Å²) in [6.07, 6.45) is -2.72. The zero-order chi connectivity index (χ0) is 10.6. The molecule has 0 aromatic carbocycles. The second-order valence-corrected chi connectivity index (χ2v) is 2.42. The average molecular weight is 223 g/mol. The van der Waals surface area contributed by atoms with Gasteiger partial charge in [-0.1, -0.05) is 0 Å². The van der Waals surface area contributed by atoms with Crippen molar-refractivity contribution in [1.29, 1.82) is 0 Å². The number of aliphatic carboxylic acids is 3. The van der Waals surface area contributed by atoms with E-state index < -0.39 is 36.4 Å². The first-order valence-corrected chi connectivity index (χ1v) is 3.11. The van der Waals surface area contributed by atoms with Gasteiger partial charge in [-0.2, -0.15) is 0 Å². The third-order valence-corrected chi connectivity index (χ3v) is 1.25. The molecular formula is C6H5AlLiO7+. The zero-order valence-corrected chi connectivity index (χ0v) is 9.04. The number of hydrogen-bond acceptors (Lipinski definition) is 7. The van der Waals surface area contributed by atoms with Gasteiger partial charge in [0.25, 0.3) is 0 Å². The molecule has 0 rings (SSSR count). The first-order chi connectivity index (χ1) is 5.78. The van der Waals surface area contributed by atoms with Gasteiger partial charge in [-0.05, 0) is 0 Å². The summed E-state index contributed by atoms with van der Waals surface area (Å²) in [6.45, 7) is 0. The summed E-state index contributed by atoms with van der Waals surface area (Å²) in [4.78, 5) is 30.0. The molecule has 0 aromatic heterocycles. The molecule has 0 spiro atoms. The molecule has 0 amide bonds. The Morgan fingerprint density at radius 2 is 1.27 bits per heavy atom. The first-order valence-electron chi connectivity index (χ1n) is 3.11. The van der Waals surface area contributed by atoms with E-state index in [-0.39, 0.29) is 36.2 Å². The van der Waals surface area contributed by atoms with E-state index in [0.717, 1.165) is 0 Å². The number of carbonyl (C=O) groups excluding carboxylic acids is 3. The van der Waals surface area contributed by atoms with Crippen LogP contribution in [0.3, 0.4) is 0 Å². The van der Waals surface area contributed by atoms with Gasteiger partial charge in [0.15, 0.2) is 0 Å². The molecule has 0 heterocycles. The van der Waals surface area contributed by atoms with Gasteiger partial charge < -0.3 is 34.8 Å². The molecule has 0 radical (unpaired) electrons. The molecule has 0 unspecified atom stereocenters. The van der Waals surface area contributed by atoms with Crippen molar-refractivity contribution >= 4 is 35.3 Å². The second-order valence-electron chi connectivity index (χ2n) is 2.42. The Morgan fingerprint density at radius 1 is 1.00 bits per heavy atom. The summed E-state index contributed by atoms with van der Waals surface area (Å²) in [5.74, 6) is -5.98. The maximum Gasteiger partial charge on any atom is 3.00 e. The Hall–Kier alpha value is -0.500. The normalized spacial score (nSPS) is 9.40. The molecule has 0 bridgehead atoms. The maximum atomic E-state index is 10.1. The number of aliphatic hydroxyl groups is 1. The average Bonchev–Trinajstić information content (AvgIpc) is 1.82. The molecule has 9 heteroatoms. The SMILES string of the molecule is O=C([O-])CC(O)(CC(=O)[O-])C(=O)[O-].[Al+3].[Li+]. The molecule has 0 aliphatic carbocycles. The van der Waals surface area contributed by atoms with E-state index in [1.165, 1.54) is 0 Å². The molecule has 15 heavy (non-hydrogen) atoms. The largest absolute Gasteiger partial charge is 3.00 e. The fourth-order valence-corrected chi connectivity index (χ4v) is 0.684. The quantitative estimate of drug-likeness (QED) is 0.456. The fourth-order valence-electron chi connectivity index (χ4n) is 0.684. The summed E-state index contributed by atoms with van der Waals surface area (Å²) in [5.41, 5.74) is -2.97. The minimum Gasteiger partial charge on any atom is -0.550 e. The van der Waals surface area contributed by atoms with Crippen LogP contribution in [0.2, 0.25) is 0 Å². The van der Waals surface area contributed by atoms with Crippen LogP contribution in [0.5, 0.6) is 0 Å². The fraction of sp³-hybridized carbons (Fsp3) is 0.500. The van der Waals surface area contributed by atoms with Crippen molar-refractivity contribution in [3.63, 3.8) is 0 Å². The Morgan fingerprint density at radius 3 is 1.40 bits per heavy atom. The molecule has 0 atom stereocenters. The summed E-state index contributed by atoms with van der Waals surface area (Å²) in [6, 6.07) is 0. The number of hydrogen-bond donors (Lipinski definition) is 1. The molecule has 0 aromatic rings. The van der Waals surface area contributed by atoms with Crippen molar-refractivity contribution < 1.29 is 53.7 Å². The minimum absolute atomic E-state index is 0. The van der Waals surface area contributed by atoms with E-state index in [4.69, 9.17) is 5.11 Å². The molecule has 0 aliphatic rings. The third-order valence-electron chi connectivity index (χ3n) is 1.25. The van der Waals surface area contributed by atoms with Crippen LogP contribution in [0, 0.1) is 0 Å². The van der Waals surface area contributed by atoms with E-state index in [1.807, 2.05) is 0 Å². The van der Waals surface area contributed by atoms with Crippen LogP contribution >= 0.6 is 0 Å². The summed E-state index contributed by atoms with van der Waals surface area (Å²) in [5, 5.41) is 38.9. The smallest absolute Gasteiger partial charge is 0.550 e. The topological polar surface area (TPSA) is 141 Å². The van der Waals surface area contributed by atoms with E-state index in [2.05, 4.69) is 0 Å². The van der Waals surface area contributed by atoms with Crippen molar-refractivity contribution in [2.75, 3.05) is 0 Å². The van der Waals surface area contributed by atoms with Gasteiger partial charge in [-0.3, -0.25) is 0 Å². The van der Waals surface area contributed by atoms with Crippen LogP contribution in [-0.2, 0) is 14.4 Å². The summed E-state index contributed by atoms with van der Waals surface area (Å²) >= 11 is 0. The van der Waals surface area contributed by atoms with Gasteiger partial charge in [0.2, 0.25) is 0 Å². The summed E-state index contributed by atoms with van der Waals surface area (Å²) < 4.78 is 0. The van der Waals surface area contributed by atoms with Crippen LogP contribution in [0.15, 0.2) is 0 Å². The van der Waals surface area contributed by atoms with Crippen LogP contribution < -0.4 is 34.2 Å². The number of rotatable bonds is 5. The monoisotopic (exact) mass is 223 g/mol. The van der Waals surface area contributed by atoms with Crippen LogP contribution in [0.4, 0.5) is 0 Å². The Balaban J connectivity index is -0.000000720. The maximum absolute atomic E-state index is 10.1. The van der Waals surface area contributed by atoms with E-state index in [9.17, 15) is 29.7 Å². The van der Waals surface area contributed by atoms with Gasteiger partial charge in [0.05, 0.1) is 5.97 Å². The zero-order valence-electron chi connectivity index (χ0n) is 7.89. The predicted molar refractivity (Wildman–Crippen MR) is 35.0 cm³/mol. The standard InChI is InChI=1S/C6H8O7.Al.Li/c7-3(8)1-6(13,5(11)12)2-4(9)10;;/h13H,1-2H2,(H,7,8)(H,9,10)(H,11,12);;/q;+3;+1/p-3.